The first-order chi connectivity index (χ1) is 8.09. The van der Waals surface area contributed by atoms with Crippen molar-refractivity contribution in [3.05, 3.63) is 24.0 Å². The molecule has 2 unspecified atom stereocenters. The van der Waals surface area contributed by atoms with E-state index in [0.717, 1.165) is 12.5 Å². The number of anilines is 1. The minimum absolute atomic E-state index is 0.365. The van der Waals surface area contributed by atoms with Gasteiger partial charge in [-0.1, -0.05) is 19.1 Å². The maximum Gasteiger partial charge on any atom is 0.122 e. The highest BCUT2D eigenvalue weighted by Crippen LogP contribution is 2.28. The number of nitrogens with zero attached hydrogens (tertiary/aromatic N) is 2. The van der Waals surface area contributed by atoms with Crippen LogP contribution in [0.15, 0.2) is 18.3 Å². The van der Waals surface area contributed by atoms with Gasteiger partial charge in [-0.3, -0.25) is 4.98 Å². The van der Waals surface area contributed by atoms with Crippen molar-refractivity contribution >= 4 is 22.9 Å². The molecule has 1 saturated heterocycles. The van der Waals surface area contributed by atoms with Crippen LogP contribution in [0.2, 0.25) is 0 Å². The minimum Gasteiger partial charge on any atom is -0.388 e. The van der Waals surface area contributed by atoms with Crippen molar-refractivity contribution in [3.8, 4) is 0 Å². The second kappa shape index (κ2) is 5.00. The van der Waals surface area contributed by atoms with Gasteiger partial charge >= 0.3 is 0 Å². The van der Waals surface area contributed by atoms with Crippen LogP contribution in [0, 0.1) is 5.92 Å². The molecule has 2 N–H and O–H groups in total. The normalized spacial score (nSPS) is 24.7. The lowest BCUT2D eigenvalue weighted by atomic mass is 9.91. The number of thiocarbonyl (C=S) groups is 1. The molecule has 1 aliphatic heterocycles. The zero-order chi connectivity index (χ0) is 12.4. The highest BCUT2D eigenvalue weighted by molar-refractivity contribution is 7.80. The summed E-state index contributed by atoms with van der Waals surface area (Å²) in [4.78, 5) is 6.98. The summed E-state index contributed by atoms with van der Waals surface area (Å²) in [6.07, 6.45) is 4.34. The lowest BCUT2D eigenvalue weighted by molar-refractivity contribution is 0.363. The first-order valence-electron chi connectivity index (χ1n) is 6.12. The van der Waals surface area contributed by atoms with Gasteiger partial charge < -0.3 is 10.6 Å². The van der Waals surface area contributed by atoms with Crippen LogP contribution in [0.4, 0.5) is 5.69 Å². The zero-order valence-electron chi connectivity index (χ0n) is 10.4. The van der Waals surface area contributed by atoms with Crippen LogP contribution < -0.4 is 10.6 Å². The van der Waals surface area contributed by atoms with Crippen LogP contribution >= 0.6 is 12.2 Å². The minimum atomic E-state index is 0.365. The van der Waals surface area contributed by atoms with Crippen molar-refractivity contribution < 1.29 is 0 Å². The number of piperidine rings is 1. The maximum absolute atomic E-state index is 5.62. The summed E-state index contributed by atoms with van der Waals surface area (Å²) in [6.45, 7) is 5.70. The standard InChI is InChI=1S/C13H19N3S/c1-9-4-3-7-16(10(9)2)11-5-6-15-12(8-11)13(14)17/h5-6,8-10H,3-4,7H2,1-2H3,(H2,14,17). The topological polar surface area (TPSA) is 42.2 Å². The molecule has 1 aromatic rings. The van der Waals surface area contributed by atoms with Gasteiger partial charge in [0, 0.05) is 24.5 Å². The van der Waals surface area contributed by atoms with Crippen molar-refractivity contribution in [2.45, 2.75) is 32.7 Å². The Hall–Kier alpha value is -1.16. The molecule has 2 atom stereocenters. The lowest BCUT2D eigenvalue weighted by Gasteiger charge is -2.39. The molecule has 0 aliphatic carbocycles. The molecule has 2 heterocycles. The van der Waals surface area contributed by atoms with Gasteiger partial charge in [-0.05, 0) is 37.8 Å². The van der Waals surface area contributed by atoms with Gasteiger partial charge in [0.2, 0.25) is 0 Å². The molecule has 0 aromatic carbocycles. The Labute approximate surface area is 108 Å². The quantitative estimate of drug-likeness (QED) is 0.817. The third-order valence-electron chi connectivity index (χ3n) is 3.70. The summed E-state index contributed by atoms with van der Waals surface area (Å²) >= 11 is 4.97. The smallest absolute Gasteiger partial charge is 0.122 e. The van der Waals surface area contributed by atoms with Crippen LogP contribution in [0.25, 0.3) is 0 Å². The van der Waals surface area contributed by atoms with Gasteiger partial charge in [-0.15, -0.1) is 0 Å². The SMILES string of the molecule is CC1CCCN(c2ccnc(C(N)=S)c2)C1C. The van der Waals surface area contributed by atoms with E-state index in [1.54, 1.807) is 6.20 Å². The van der Waals surface area contributed by atoms with Gasteiger partial charge in [0.1, 0.15) is 4.99 Å². The number of hydrogen-bond donors (Lipinski definition) is 1. The highest BCUT2D eigenvalue weighted by atomic mass is 32.1. The van der Waals surface area contributed by atoms with Gasteiger partial charge in [-0.25, -0.2) is 0 Å². The summed E-state index contributed by atoms with van der Waals surface area (Å²) in [5.41, 5.74) is 7.52. The predicted octanol–water partition coefficient (Wildman–Crippen LogP) is 2.34. The lowest BCUT2D eigenvalue weighted by Crippen LogP contribution is -2.42. The van der Waals surface area contributed by atoms with Crippen LogP contribution in [0.1, 0.15) is 32.4 Å². The average molecular weight is 249 g/mol. The Morgan fingerprint density at radius 1 is 1.53 bits per heavy atom. The molecule has 0 radical (unpaired) electrons. The molecule has 2 rings (SSSR count). The van der Waals surface area contributed by atoms with Gasteiger partial charge in [-0.2, -0.15) is 0 Å². The number of hydrogen-bond acceptors (Lipinski definition) is 3. The van der Waals surface area contributed by atoms with E-state index in [0.29, 0.717) is 16.7 Å². The van der Waals surface area contributed by atoms with Crippen molar-refractivity contribution in [2.24, 2.45) is 11.7 Å². The molecule has 1 fully saturated rings. The Morgan fingerprint density at radius 2 is 2.29 bits per heavy atom. The highest BCUT2D eigenvalue weighted by Gasteiger charge is 2.24. The van der Waals surface area contributed by atoms with Crippen molar-refractivity contribution in [1.82, 2.24) is 4.98 Å². The molecule has 17 heavy (non-hydrogen) atoms. The zero-order valence-corrected chi connectivity index (χ0v) is 11.2. The van der Waals surface area contributed by atoms with Crippen LogP contribution in [0.3, 0.4) is 0 Å². The average Bonchev–Trinajstić information content (AvgIpc) is 2.33. The summed E-state index contributed by atoms with van der Waals surface area (Å²) in [5, 5.41) is 0. The number of nitrogens with two attached hydrogens (primary N) is 1. The summed E-state index contributed by atoms with van der Waals surface area (Å²) in [5.74, 6) is 0.727. The third kappa shape index (κ3) is 2.57. The molecule has 3 nitrogen and oxygen atoms in total. The Morgan fingerprint density at radius 3 is 3.00 bits per heavy atom. The fraction of sp³-hybridized carbons (Fsp3) is 0.538. The number of pyridine rings is 1. The van der Waals surface area contributed by atoms with Crippen LogP contribution in [0.5, 0.6) is 0 Å². The predicted molar refractivity (Wildman–Crippen MR) is 75.3 cm³/mol. The Kier molecular flexibility index (Phi) is 3.62. The van der Waals surface area contributed by atoms with E-state index in [9.17, 15) is 0 Å². The Balaban J connectivity index is 2.26. The first kappa shape index (κ1) is 12.3. The van der Waals surface area contributed by atoms with Crippen molar-refractivity contribution in [1.29, 1.82) is 0 Å². The van der Waals surface area contributed by atoms with E-state index in [1.807, 2.05) is 12.1 Å². The van der Waals surface area contributed by atoms with E-state index in [-0.39, 0.29) is 0 Å². The fourth-order valence-corrected chi connectivity index (χ4v) is 2.54. The van der Waals surface area contributed by atoms with E-state index in [4.69, 9.17) is 18.0 Å². The van der Waals surface area contributed by atoms with Crippen molar-refractivity contribution in [3.63, 3.8) is 0 Å². The number of aromatic nitrogens is 1. The second-order valence-electron chi connectivity index (χ2n) is 4.82. The van der Waals surface area contributed by atoms with Gasteiger partial charge in [0.15, 0.2) is 0 Å². The molecule has 1 aromatic heterocycles. The number of rotatable bonds is 2. The molecule has 4 heteroatoms. The van der Waals surface area contributed by atoms with Gasteiger partial charge in [0.25, 0.3) is 0 Å². The fourth-order valence-electron chi connectivity index (χ4n) is 2.43. The molecule has 0 bridgehead atoms. The molecule has 0 amide bonds. The van der Waals surface area contributed by atoms with E-state index in [2.05, 4.69) is 23.7 Å². The van der Waals surface area contributed by atoms with Crippen LogP contribution in [-0.4, -0.2) is 22.6 Å². The van der Waals surface area contributed by atoms with Gasteiger partial charge in [0.05, 0.1) is 5.69 Å². The summed E-state index contributed by atoms with van der Waals surface area (Å²) in [7, 11) is 0. The Bertz CT molecular complexity index is 419. The van der Waals surface area contributed by atoms with Crippen molar-refractivity contribution in [2.75, 3.05) is 11.4 Å². The first-order valence-corrected chi connectivity index (χ1v) is 6.53. The monoisotopic (exact) mass is 249 g/mol. The van der Waals surface area contributed by atoms with E-state index in [1.165, 1.54) is 18.5 Å². The molecule has 0 saturated carbocycles. The molecular weight excluding hydrogens is 230 g/mol. The second-order valence-corrected chi connectivity index (χ2v) is 5.26. The molecule has 92 valence electrons. The molecule has 1 aliphatic rings. The molecule has 0 spiro atoms. The molecular formula is C13H19N3S. The van der Waals surface area contributed by atoms with Crippen LogP contribution in [-0.2, 0) is 0 Å². The maximum atomic E-state index is 5.62. The third-order valence-corrected chi connectivity index (χ3v) is 3.91. The van der Waals surface area contributed by atoms with E-state index < -0.39 is 0 Å². The largest absolute Gasteiger partial charge is 0.388 e. The summed E-state index contributed by atoms with van der Waals surface area (Å²) < 4.78 is 0. The van der Waals surface area contributed by atoms with E-state index >= 15 is 0 Å². The summed E-state index contributed by atoms with van der Waals surface area (Å²) in [6, 6.07) is 4.60.